The molecule has 29 heavy (non-hydrogen) atoms. The van der Waals surface area contributed by atoms with Crippen LogP contribution in [0, 0.1) is 15.5 Å². The van der Waals surface area contributed by atoms with Gasteiger partial charge in [0.25, 0.3) is 11.6 Å². The van der Waals surface area contributed by atoms with Gasteiger partial charge in [-0.2, -0.15) is 0 Å². The van der Waals surface area contributed by atoms with Gasteiger partial charge in [0.05, 0.1) is 4.92 Å². The molecule has 0 saturated heterocycles. The second kappa shape index (κ2) is 8.18. The molecule has 0 bridgehead atoms. The first-order valence-electron chi connectivity index (χ1n) is 9.10. The van der Waals surface area contributed by atoms with Gasteiger partial charge in [-0.15, -0.1) is 0 Å². The third-order valence-corrected chi connectivity index (χ3v) is 4.88. The van der Waals surface area contributed by atoms with Crippen molar-refractivity contribution in [1.82, 2.24) is 4.90 Å². The molecule has 9 nitrogen and oxygen atoms in total. The molecule has 0 spiro atoms. The Hall–Kier alpha value is -2.97. The molecule has 1 aromatic carbocycles. The van der Waals surface area contributed by atoms with Crippen LogP contribution in [0.1, 0.15) is 64.7 Å². The summed E-state index contributed by atoms with van der Waals surface area (Å²) in [7, 11) is 0. The highest BCUT2D eigenvalue weighted by Gasteiger charge is 2.58. The Kier molecular flexibility index (Phi) is 6.79. The predicted octanol–water partition coefficient (Wildman–Crippen LogP) is 3.57. The maximum Gasteiger partial charge on any atom is 0.330 e. The fourth-order valence-electron chi connectivity index (χ4n) is 3.54. The molecular formula is C20H28N2O7. The minimum Gasteiger partial charge on any atom is -0.481 e. The van der Waals surface area contributed by atoms with Crippen LogP contribution in [0.2, 0.25) is 0 Å². The zero-order valence-corrected chi connectivity index (χ0v) is 17.6. The van der Waals surface area contributed by atoms with Crippen molar-refractivity contribution in [2.45, 2.75) is 65.5 Å². The van der Waals surface area contributed by atoms with Crippen molar-refractivity contribution < 1.29 is 29.5 Å². The average Bonchev–Trinajstić information content (AvgIpc) is 2.55. The Morgan fingerprint density at radius 3 is 1.79 bits per heavy atom. The van der Waals surface area contributed by atoms with E-state index in [2.05, 4.69) is 0 Å². The van der Waals surface area contributed by atoms with Crippen LogP contribution < -0.4 is 0 Å². The highest BCUT2D eigenvalue weighted by molar-refractivity contribution is 5.99. The molecule has 0 aliphatic carbocycles. The van der Waals surface area contributed by atoms with Gasteiger partial charge in [-0.25, -0.2) is 4.79 Å². The van der Waals surface area contributed by atoms with Crippen molar-refractivity contribution >= 4 is 23.5 Å². The second-order valence-corrected chi connectivity index (χ2v) is 8.92. The van der Waals surface area contributed by atoms with Crippen molar-refractivity contribution in [1.29, 1.82) is 0 Å². The molecule has 0 saturated carbocycles. The van der Waals surface area contributed by atoms with Gasteiger partial charge < -0.3 is 15.1 Å². The van der Waals surface area contributed by atoms with Crippen LogP contribution in [0.4, 0.5) is 5.69 Å². The van der Waals surface area contributed by atoms with Crippen LogP contribution in [-0.2, 0) is 9.59 Å². The third-order valence-electron chi connectivity index (χ3n) is 4.88. The zero-order chi connectivity index (χ0) is 22.8. The molecule has 0 unspecified atom stereocenters. The molecule has 0 heterocycles. The summed E-state index contributed by atoms with van der Waals surface area (Å²) in [6.07, 6.45) is -0.735. The van der Waals surface area contributed by atoms with E-state index >= 15 is 0 Å². The summed E-state index contributed by atoms with van der Waals surface area (Å²) in [4.78, 5) is 48.8. The van der Waals surface area contributed by atoms with Crippen molar-refractivity contribution in [3.63, 3.8) is 0 Å². The monoisotopic (exact) mass is 408 g/mol. The Morgan fingerprint density at radius 2 is 1.48 bits per heavy atom. The summed E-state index contributed by atoms with van der Waals surface area (Å²) in [5, 5.41) is 30.3. The number of hydrogen-bond acceptors (Lipinski definition) is 5. The number of carboxylic acid groups (broad SMARTS) is 2. The van der Waals surface area contributed by atoms with Crippen molar-refractivity contribution in [3.05, 3.63) is 39.9 Å². The number of nitro groups is 1. The molecule has 0 aliphatic rings. The molecule has 160 valence electrons. The Morgan fingerprint density at radius 1 is 1.00 bits per heavy atom. The minimum absolute atomic E-state index is 0.0794. The maximum absolute atomic E-state index is 13.5. The fraction of sp³-hybridized carbons (Fsp3) is 0.550. The number of aliphatic carboxylic acids is 2. The molecule has 1 atom stereocenters. The number of rotatable bonds is 7. The van der Waals surface area contributed by atoms with E-state index in [0.717, 1.165) is 0 Å². The number of carboxylic acids is 2. The van der Waals surface area contributed by atoms with E-state index in [0.29, 0.717) is 0 Å². The van der Waals surface area contributed by atoms with E-state index in [-0.39, 0.29) is 17.7 Å². The molecule has 2 N–H and O–H groups in total. The lowest BCUT2D eigenvalue weighted by atomic mass is 9.67. The largest absolute Gasteiger partial charge is 0.481 e. The van der Waals surface area contributed by atoms with Gasteiger partial charge in [0.15, 0.2) is 0 Å². The number of nitrogens with zero attached hydrogens (tertiary/aromatic N) is 2. The first-order chi connectivity index (χ1) is 13.1. The molecule has 9 heteroatoms. The van der Waals surface area contributed by atoms with E-state index in [4.69, 9.17) is 0 Å². The van der Waals surface area contributed by atoms with E-state index in [1.807, 2.05) is 0 Å². The molecule has 0 aliphatic heterocycles. The molecule has 1 amide bonds. The summed E-state index contributed by atoms with van der Waals surface area (Å²) >= 11 is 0. The van der Waals surface area contributed by atoms with Gasteiger partial charge in [0.2, 0.25) is 0 Å². The number of benzene rings is 1. The number of non-ortho nitro benzene ring substituents is 1. The fourth-order valence-corrected chi connectivity index (χ4v) is 3.54. The van der Waals surface area contributed by atoms with Crippen LogP contribution in [0.5, 0.6) is 0 Å². The van der Waals surface area contributed by atoms with Crippen molar-refractivity contribution in [2.75, 3.05) is 0 Å². The molecule has 0 fully saturated rings. The Balaban J connectivity index is 3.69. The predicted molar refractivity (Wildman–Crippen MR) is 106 cm³/mol. The summed E-state index contributed by atoms with van der Waals surface area (Å²) in [5.41, 5.74) is -3.95. The summed E-state index contributed by atoms with van der Waals surface area (Å²) in [6.45, 7) is 9.93. The van der Waals surface area contributed by atoms with Gasteiger partial charge in [-0.1, -0.05) is 20.8 Å². The number of amides is 1. The highest BCUT2D eigenvalue weighted by Crippen LogP contribution is 2.44. The van der Waals surface area contributed by atoms with Crippen LogP contribution in [0.25, 0.3) is 0 Å². The average molecular weight is 408 g/mol. The van der Waals surface area contributed by atoms with E-state index in [1.165, 1.54) is 29.2 Å². The van der Waals surface area contributed by atoms with Gasteiger partial charge >= 0.3 is 11.9 Å². The minimum atomic E-state index is -1.83. The molecule has 1 rings (SSSR count). The number of nitro benzene ring substituents is 1. The standard InChI is InChI=1S/C20H28N2O7/c1-18(2,3)20(17(26)27,12-11-15(23)24)21(19(4,5)6)16(25)13-7-9-14(10-8-13)22(28)29/h7-10H,11-12H2,1-6H3,(H,23,24)(H,26,27)/t20-/m0/s1. The van der Waals surface area contributed by atoms with Crippen LogP contribution in [0.15, 0.2) is 24.3 Å². The van der Waals surface area contributed by atoms with Gasteiger partial charge in [-0.05, 0) is 44.7 Å². The maximum atomic E-state index is 13.5. The molecule has 1 aromatic rings. The zero-order valence-electron chi connectivity index (χ0n) is 17.6. The summed E-state index contributed by atoms with van der Waals surface area (Å²) in [6, 6.07) is 4.88. The smallest absolute Gasteiger partial charge is 0.330 e. The van der Waals surface area contributed by atoms with E-state index < -0.39 is 45.7 Å². The SMILES string of the molecule is CC(C)(C)N(C(=O)c1ccc([N+](=O)[O-])cc1)[C@@](CCC(=O)O)(C(=O)O)C(C)(C)C. The highest BCUT2D eigenvalue weighted by atomic mass is 16.6. The molecule has 0 aromatic heterocycles. The van der Waals surface area contributed by atoms with Crippen LogP contribution in [-0.4, -0.2) is 49.0 Å². The lowest BCUT2D eigenvalue weighted by Gasteiger charge is -2.54. The topological polar surface area (TPSA) is 138 Å². The third kappa shape index (κ3) is 4.90. The molecule has 0 radical (unpaired) electrons. The van der Waals surface area contributed by atoms with Crippen molar-refractivity contribution in [3.8, 4) is 0 Å². The molecular weight excluding hydrogens is 380 g/mol. The van der Waals surface area contributed by atoms with Crippen LogP contribution >= 0.6 is 0 Å². The lowest BCUT2D eigenvalue weighted by Crippen LogP contribution is -2.69. The number of hydrogen-bond donors (Lipinski definition) is 2. The van der Waals surface area contributed by atoms with E-state index in [9.17, 15) is 34.7 Å². The summed E-state index contributed by atoms with van der Waals surface area (Å²) < 4.78 is 0. The van der Waals surface area contributed by atoms with Gasteiger partial charge in [-0.3, -0.25) is 19.7 Å². The Bertz CT molecular complexity index is 804. The second-order valence-electron chi connectivity index (χ2n) is 8.92. The van der Waals surface area contributed by atoms with E-state index in [1.54, 1.807) is 41.5 Å². The summed E-state index contributed by atoms with van der Waals surface area (Å²) in [5.74, 6) is -3.12. The number of carbonyl (C=O) groups excluding carboxylic acids is 1. The van der Waals surface area contributed by atoms with Crippen LogP contribution in [0.3, 0.4) is 0 Å². The quantitative estimate of drug-likeness (QED) is 0.519. The van der Waals surface area contributed by atoms with Gasteiger partial charge in [0, 0.05) is 29.7 Å². The van der Waals surface area contributed by atoms with Crippen molar-refractivity contribution in [2.24, 2.45) is 5.41 Å². The number of carbonyl (C=O) groups is 3. The lowest BCUT2D eigenvalue weighted by molar-refractivity contribution is -0.384. The van der Waals surface area contributed by atoms with Gasteiger partial charge in [0.1, 0.15) is 5.54 Å². The Labute approximate surface area is 169 Å². The first kappa shape index (κ1) is 24.1. The first-order valence-corrected chi connectivity index (χ1v) is 9.10. The normalized spacial score (nSPS) is 14.0.